The van der Waals surface area contributed by atoms with Gasteiger partial charge in [0.25, 0.3) is 0 Å². The zero-order chi connectivity index (χ0) is 13.7. The first-order valence-corrected chi connectivity index (χ1v) is 6.63. The van der Waals surface area contributed by atoms with Crippen LogP contribution in [0, 0.1) is 0 Å². The molecule has 1 aromatic rings. The van der Waals surface area contributed by atoms with Crippen LogP contribution in [0.3, 0.4) is 0 Å². The fraction of sp³-hybridized carbons (Fsp3) is 0.571. The first-order chi connectivity index (χ1) is 9.26. The molecule has 2 heterocycles. The SMILES string of the molecule is CCCN1CCOC(C(=O)c2ncccc2OC)C1. The zero-order valence-electron chi connectivity index (χ0n) is 11.5. The number of carbonyl (C=O) groups excluding carboxylic acids is 1. The minimum atomic E-state index is -0.441. The van der Waals surface area contributed by atoms with Crippen molar-refractivity contribution in [1.82, 2.24) is 9.88 Å². The van der Waals surface area contributed by atoms with Crippen LogP contribution < -0.4 is 4.74 Å². The highest BCUT2D eigenvalue weighted by Gasteiger charge is 2.29. The van der Waals surface area contributed by atoms with E-state index in [-0.39, 0.29) is 5.78 Å². The lowest BCUT2D eigenvalue weighted by molar-refractivity contribution is -0.0167. The summed E-state index contributed by atoms with van der Waals surface area (Å²) in [5.41, 5.74) is 0.355. The summed E-state index contributed by atoms with van der Waals surface area (Å²) in [6.45, 7) is 5.23. The summed E-state index contributed by atoms with van der Waals surface area (Å²) in [5.74, 6) is 0.405. The van der Waals surface area contributed by atoms with Crippen LogP contribution in [0.4, 0.5) is 0 Å². The van der Waals surface area contributed by atoms with E-state index >= 15 is 0 Å². The molecule has 0 aromatic carbocycles. The Morgan fingerprint density at radius 2 is 2.47 bits per heavy atom. The lowest BCUT2D eigenvalue weighted by atomic mass is 10.1. The van der Waals surface area contributed by atoms with Gasteiger partial charge in [-0.1, -0.05) is 6.92 Å². The Morgan fingerprint density at radius 3 is 3.21 bits per heavy atom. The topological polar surface area (TPSA) is 51.7 Å². The largest absolute Gasteiger partial charge is 0.494 e. The molecule has 104 valence electrons. The molecule has 0 radical (unpaired) electrons. The van der Waals surface area contributed by atoms with Gasteiger partial charge in [0, 0.05) is 19.3 Å². The molecule has 5 heteroatoms. The molecule has 0 amide bonds. The molecule has 1 aliphatic heterocycles. The molecule has 1 aliphatic rings. The van der Waals surface area contributed by atoms with Crippen LogP contribution in [0.1, 0.15) is 23.8 Å². The lowest BCUT2D eigenvalue weighted by Gasteiger charge is -2.31. The first-order valence-electron chi connectivity index (χ1n) is 6.63. The maximum absolute atomic E-state index is 12.4. The van der Waals surface area contributed by atoms with E-state index in [1.165, 1.54) is 0 Å². The third-order valence-corrected chi connectivity index (χ3v) is 3.21. The molecule has 19 heavy (non-hydrogen) atoms. The molecule has 5 nitrogen and oxygen atoms in total. The molecular weight excluding hydrogens is 244 g/mol. The quantitative estimate of drug-likeness (QED) is 0.752. The Morgan fingerprint density at radius 1 is 1.63 bits per heavy atom. The van der Waals surface area contributed by atoms with Gasteiger partial charge in [0.1, 0.15) is 11.9 Å². The van der Waals surface area contributed by atoms with Gasteiger partial charge in [0.05, 0.1) is 13.7 Å². The second kappa shape index (κ2) is 6.63. The third-order valence-electron chi connectivity index (χ3n) is 3.21. The highest BCUT2D eigenvalue weighted by atomic mass is 16.5. The number of pyridine rings is 1. The van der Waals surface area contributed by atoms with E-state index in [1.807, 2.05) is 0 Å². The van der Waals surface area contributed by atoms with Crippen molar-refractivity contribution in [2.75, 3.05) is 33.4 Å². The number of carbonyl (C=O) groups is 1. The highest BCUT2D eigenvalue weighted by Crippen LogP contribution is 2.19. The van der Waals surface area contributed by atoms with Crippen molar-refractivity contribution in [1.29, 1.82) is 0 Å². The van der Waals surface area contributed by atoms with Gasteiger partial charge < -0.3 is 9.47 Å². The number of morpholine rings is 1. The van der Waals surface area contributed by atoms with E-state index in [9.17, 15) is 4.79 Å². The van der Waals surface area contributed by atoms with Crippen molar-refractivity contribution < 1.29 is 14.3 Å². The van der Waals surface area contributed by atoms with Gasteiger partial charge in [0.2, 0.25) is 5.78 Å². The van der Waals surface area contributed by atoms with Gasteiger partial charge in [-0.05, 0) is 25.1 Å². The minimum absolute atomic E-state index is 0.0988. The van der Waals surface area contributed by atoms with E-state index in [4.69, 9.17) is 9.47 Å². The van der Waals surface area contributed by atoms with Crippen LogP contribution in [0.15, 0.2) is 18.3 Å². The standard InChI is InChI=1S/C14H20N2O3/c1-3-7-16-8-9-19-12(10-16)14(17)13-11(18-2)5-4-6-15-13/h4-6,12H,3,7-10H2,1-2H3. The molecule has 0 bridgehead atoms. The van der Waals surface area contributed by atoms with Crippen LogP contribution in [-0.2, 0) is 4.74 Å². The molecule has 0 spiro atoms. The van der Waals surface area contributed by atoms with Gasteiger partial charge in [-0.2, -0.15) is 0 Å². The van der Waals surface area contributed by atoms with E-state index in [2.05, 4.69) is 16.8 Å². The molecule has 0 N–H and O–H groups in total. The normalized spacial score (nSPS) is 20.2. The number of Topliss-reactive ketones (excluding diaryl/α,β-unsaturated/α-hetero) is 1. The molecule has 1 atom stereocenters. The van der Waals surface area contributed by atoms with E-state index in [0.29, 0.717) is 24.6 Å². The summed E-state index contributed by atoms with van der Waals surface area (Å²) in [6, 6.07) is 3.49. The monoisotopic (exact) mass is 264 g/mol. The second-order valence-corrected chi connectivity index (χ2v) is 4.58. The molecule has 0 aliphatic carbocycles. The second-order valence-electron chi connectivity index (χ2n) is 4.58. The Labute approximate surface area is 113 Å². The Hall–Kier alpha value is -1.46. The first kappa shape index (κ1) is 14.0. The molecule has 1 fully saturated rings. The van der Waals surface area contributed by atoms with Gasteiger partial charge >= 0.3 is 0 Å². The van der Waals surface area contributed by atoms with Crippen molar-refractivity contribution in [3.8, 4) is 5.75 Å². The summed E-state index contributed by atoms with van der Waals surface area (Å²) in [5, 5.41) is 0. The summed E-state index contributed by atoms with van der Waals surface area (Å²) in [4.78, 5) is 18.8. The maximum atomic E-state index is 12.4. The van der Waals surface area contributed by atoms with Crippen molar-refractivity contribution in [2.24, 2.45) is 0 Å². The minimum Gasteiger partial charge on any atom is -0.494 e. The Kier molecular flexibility index (Phi) is 4.87. The van der Waals surface area contributed by atoms with Gasteiger partial charge in [-0.3, -0.25) is 9.69 Å². The fourth-order valence-electron chi connectivity index (χ4n) is 2.27. The van der Waals surface area contributed by atoms with Crippen molar-refractivity contribution in [3.05, 3.63) is 24.0 Å². The fourth-order valence-corrected chi connectivity index (χ4v) is 2.27. The molecule has 1 aromatic heterocycles. The number of aromatic nitrogens is 1. The van der Waals surface area contributed by atoms with Crippen LogP contribution in [-0.4, -0.2) is 55.1 Å². The van der Waals surface area contributed by atoms with Crippen LogP contribution in [0.5, 0.6) is 5.75 Å². The maximum Gasteiger partial charge on any atom is 0.214 e. The predicted octanol–water partition coefficient (Wildman–Crippen LogP) is 1.38. The molecule has 2 rings (SSSR count). The zero-order valence-corrected chi connectivity index (χ0v) is 11.5. The molecular formula is C14H20N2O3. The van der Waals surface area contributed by atoms with Gasteiger partial charge in [-0.25, -0.2) is 4.98 Å². The number of hydrogen-bond acceptors (Lipinski definition) is 5. The average molecular weight is 264 g/mol. The lowest BCUT2D eigenvalue weighted by Crippen LogP contribution is -2.46. The summed E-state index contributed by atoms with van der Waals surface area (Å²) in [6.07, 6.45) is 2.24. The molecule has 0 saturated carbocycles. The number of methoxy groups -OCH3 is 1. The Balaban J connectivity index is 2.10. The summed E-state index contributed by atoms with van der Waals surface area (Å²) >= 11 is 0. The molecule has 1 saturated heterocycles. The number of rotatable bonds is 5. The van der Waals surface area contributed by atoms with Gasteiger partial charge in [0.15, 0.2) is 5.69 Å². The van der Waals surface area contributed by atoms with Crippen LogP contribution in [0.2, 0.25) is 0 Å². The van der Waals surface area contributed by atoms with Gasteiger partial charge in [-0.15, -0.1) is 0 Å². The predicted molar refractivity (Wildman–Crippen MR) is 71.6 cm³/mol. The van der Waals surface area contributed by atoms with E-state index < -0.39 is 6.10 Å². The third kappa shape index (κ3) is 3.30. The Bertz CT molecular complexity index is 434. The smallest absolute Gasteiger partial charge is 0.214 e. The van der Waals surface area contributed by atoms with Crippen molar-refractivity contribution in [3.63, 3.8) is 0 Å². The number of ether oxygens (including phenoxy) is 2. The number of hydrogen-bond donors (Lipinski definition) is 0. The number of nitrogens with zero attached hydrogens (tertiary/aromatic N) is 2. The van der Waals surface area contributed by atoms with E-state index in [1.54, 1.807) is 25.4 Å². The summed E-state index contributed by atoms with van der Waals surface area (Å²) in [7, 11) is 1.54. The average Bonchev–Trinajstić information content (AvgIpc) is 2.47. The number of ketones is 1. The molecule has 1 unspecified atom stereocenters. The summed E-state index contributed by atoms with van der Waals surface area (Å²) < 4.78 is 10.8. The van der Waals surface area contributed by atoms with Crippen molar-refractivity contribution in [2.45, 2.75) is 19.4 Å². The van der Waals surface area contributed by atoms with Crippen LogP contribution >= 0.6 is 0 Å². The highest BCUT2D eigenvalue weighted by molar-refractivity contribution is 6.00. The van der Waals surface area contributed by atoms with Crippen LogP contribution in [0.25, 0.3) is 0 Å². The van der Waals surface area contributed by atoms with Crippen molar-refractivity contribution >= 4 is 5.78 Å². The van der Waals surface area contributed by atoms with E-state index in [0.717, 1.165) is 19.5 Å².